The molecule has 0 aromatic heterocycles. The number of ketones is 1. The van der Waals surface area contributed by atoms with E-state index in [2.05, 4.69) is 0 Å². The van der Waals surface area contributed by atoms with E-state index >= 15 is 0 Å². The SMILES string of the molecule is CC=CCc1c(OC(=O)C(C)(C)C)c(C=CC(=O)c2ccc(OC(=O)C(C)(C)C)cc2)c(OC(C)C)c(CC=CC)c1OC. The summed E-state index contributed by atoms with van der Waals surface area (Å²) in [7, 11) is 1.59. The molecular formula is C37H48O7. The number of benzene rings is 2. The zero-order valence-corrected chi connectivity index (χ0v) is 28.1. The fourth-order valence-corrected chi connectivity index (χ4v) is 3.99. The number of hydrogen-bond donors (Lipinski definition) is 0. The third-order valence-corrected chi connectivity index (χ3v) is 6.43. The molecule has 0 N–H and O–H groups in total. The Morgan fingerprint density at radius 2 is 1.25 bits per heavy atom. The summed E-state index contributed by atoms with van der Waals surface area (Å²) in [6.07, 6.45) is 11.6. The van der Waals surface area contributed by atoms with Gasteiger partial charge in [-0.1, -0.05) is 24.3 Å². The van der Waals surface area contributed by atoms with Gasteiger partial charge in [-0.3, -0.25) is 14.4 Å². The monoisotopic (exact) mass is 604 g/mol. The van der Waals surface area contributed by atoms with Gasteiger partial charge in [0.1, 0.15) is 23.0 Å². The predicted molar refractivity (Wildman–Crippen MR) is 176 cm³/mol. The first-order valence-electron chi connectivity index (χ1n) is 15.0. The van der Waals surface area contributed by atoms with Crippen LogP contribution in [0.15, 0.2) is 54.6 Å². The van der Waals surface area contributed by atoms with Gasteiger partial charge >= 0.3 is 11.9 Å². The van der Waals surface area contributed by atoms with Crippen LogP contribution in [0.5, 0.6) is 23.0 Å². The molecule has 0 atom stereocenters. The smallest absolute Gasteiger partial charge is 0.316 e. The van der Waals surface area contributed by atoms with Crippen LogP contribution in [-0.2, 0) is 22.4 Å². The third-order valence-electron chi connectivity index (χ3n) is 6.43. The van der Waals surface area contributed by atoms with Crippen LogP contribution in [-0.4, -0.2) is 30.9 Å². The molecule has 0 amide bonds. The largest absolute Gasteiger partial charge is 0.496 e. The van der Waals surface area contributed by atoms with Crippen LogP contribution in [0, 0.1) is 10.8 Å². The van der Waals surface area contributed by atoms with E-state index in [0.717, 1.165) is 5.56 Å². The Balaban J connectivity index is 2.78. The maximum Gasteiger partial charge on any atom is 0.316 e. The van der Waals surface area contributed by atoms with E-state index in [0.29, 0.717) is 46.8 Å². The summed E-state index contributed by atoms with van der Waals surface area (Å²) < 4.78 is 23.9. The molecule has 2 rings (SSSR count). The van der Waals surface area contributed by atoms with Crippen molar-refractivity contribution in [3.63, 3.8) is 0 Å². The van der Waals surface area contributed by atoms with Gasteiger partial charge in [-0.25, -0.2) is 0 Å². The van der Waals surface area contributed by atoms with Gasteiger partial charge in [0.25, 0.3) is 0 Å². The Labute approximate surface area is 262 Å². The maximum atomic E-state index is 13.4. The van der Waals surface area contributed by atoms with Crippen LogP contribution in [0.25, 0.3) is 6.08 Å². The van der Waals surface area contributed by atoms with E-state index in [1.165, 1.54) is 6.08 Å². The molecular weight excluding hydrogens is 556 g/mol. The second-order valence-electron chi connectivity index (χ2n) is 12.8. The summed E-state index contributed by atoms with van der Waals surface area (Å²) in [4.78, 5) is 38.9. The second kappa shape index (κ2) is 15.6. The zero-order valence-electron chi connectivity index (χ0n) is 28.1. The van der Waals surface area contributed by atoms with E-state index in [9.17, 15) is 14.4 Å². The summed E-state index contributed by atoms with van der Waals surface area (Å²) >= 11 is 0. The molecule has 0 fully saturated rings. The average molecular weight is 605 g/mol. The van der Waals surface area contributed by atoms with Crippen LogP contribution in [0.2, 0.25) is 0 Å². The minimum Gasteiger partial charge on any atom is -0.496 e. The molecule has 238 valence electrons. The van der Waals surface area contributed by atoms with Crippen molar-refractivity contribution in [2.45, 2.75) is 88.2 Å². The minimum absolute atomic E-state index is 0.220. The number of rotatable bonds is 12. The Morgan fingerprint density at radius 3 is 1.70 bits per heavy atom. The first-order valence-corrected chi connectivity index (χ1v) is 15.0. The molecule has 0 saturated heterocycles. The van der Waals surface area contributed by atoms with Crippen LogP contribution in [0.4, 0.5) is 0 Å². The molecule has 0 bridgehead atoms. The first-order chi connectivity index (χ1) is 20.5. The number of carbonyl (C=O) groups is 3. The summed E-state index contributed by atoms with van der Waals surface area (Å²) in [5.74, 6) is 0.595. The molecule has 0 radical (unpaired) electrons. The van der Waals surface area contributed by atoms with Gasteiger partial charge in [0, 0.05) is 16.7 Å². The summed E-state index contributed by atoms with van der Waals surface area (Å²) in [6, 6.07) is 6.39. The molecule has 44 heavy (non-hydrogen) atoms. The van der Waals surface area contributed by atoms with Crippen molar-refractivity contribution in [1.29, 1.82) is 0 Å². The lowest BCUT2D eigenvalue weighted by atomic mass is 9.94. The summed E-state index contributed by atoms with van der Waals surface area (Å²) in [5.41, 5.74) is 0.885. The maximum absolute atomic E-state index is 13.4. The number of esters is 2. The zero-order chi connectivity index (χ0) is 33.2. The van der Waals surface area contributed by atoms with Crippen molar-refractivity contribution >= 4 is 23.8 Å². The van der Waals surface area contributed by atoms with E-state index in [4.69, 9.17) is 18.9 Å². The predicted octanol–water partition coefficient (Wildman–Crippen LogP) is 8.52. The lowest BCUT2D eigenvalue weighted by Gasteiger charge is -2.26. The van der Waals surface area contributed by atoms with Gasteiger partial charge < -0.3 is 18.9 Å². The highest BCUT2D eigenvalue weighted by Gasteiger charge is 2.31. The van der Waals surface area contributed by atoms with Crippen molar-refractivity contribution in [2.75, 3.05) is 7.11 Å². The lowest BCUT2D eigenvalue weighted by molar-refractivity contribution is -0.143. The fourth-order valence-electron chi connectivity index (χ4n) is 3.99. The molecule has 0 unspecified atom stereocenters. The van der Waals surface area contributed by atoms with E-state index < -0.39 is 16.8 Å². The third kappa shape index (κ3) is 9.69. The normalized spacial score (nSPS) is 12.4. The van der Waals surface area contributed by atoms with Gasteiger partial charge in [-0.05, 0) is 118 Å². The van der Waals surface area contributed by atoms with Crippen LogP contribution < -0.4 is 18.9 Å². The second-order valence-corrected chi connectivity index (χ2v) is 12.8. The van der Waals surface area contributed by atoms with Gasteiger partial charge in [0.15, 0.2) is 5.78 Å². The quantitative estimate of drug-likeness (QED) is 0.0789. The van der Waals surface area contributed by atoms with Crippen molar-refractivity contribution in [2.24, 2.45) is 10.8 Å². The highest BCUT2D eigenvalue weighted by molar-refractivity contribution is 6.07. The number of ether oxygens (including phenoxy) is 4. The van der Waals surface area contributed by atoms with E-state index in [1.807, 2.05) is 52.0 Å². The number of methoxy groups -OCH3 is 1. The fraction of sp³-hybridized carbons (Fsp3) is 0.432. The van der Waals surface area contributed by atoms with E-state index in [1.54, 1.807) is 79.0 Å². The Kier molecular flexibility index (Phi) is 12.7. The van der Waals surface area contributed by atoms with Crippen LogP contribution in [0.1, 0.15) is 96.3 Å². The summed E-state index contributed by atoms with van der Waals surface area (Å²) in [5, 5.41) is 0. The highest BCUT2D eigenvalue weighted by Crippen LogP contribution is 2.46. The molecule has 7 nitrogen and oxygen atoms in total. The molecule has 2 aromatic rings. The Morgan fingerprint density at radius 1 is 0.750 bits per heavy atom. The Hall–Kier alpha value is -4.13. The van der Waals surface area contributed by atoms with Crippen LogP contribution in [0.3, 0.4) is 0 Å². The molecule has 2 aromatic carbocycles. The number of allylic oxidation sites excluding steroid dienone is 5. The van der Waals surface area contributed by atoms with Crippen molar-refractivity contribution < 1.29 is 33.3 Å². The van der Waals surface area contributed by atoms with Gasteiger partial charge in [0.05, 0.1) is 29.6 Å². The topological polar surface area (TPSA) is 88.1 Å². The average Bonchev–Trinajstić information content (AvgIpc) is 2.94. The van der Waals surface area contributed by atoms with Crippen molar-refractivity contribution in [3.8, 4) is 23.0 Å². The highest BCUT2D eigenvalue weighted by atomic mass is 16.5. The standard InChI is InChI=1S/C37H48O7/c1-12-14-16-27-31(41-11)28(17-15-13-2)33(44-35(40)37(8,9)10)29(32(27)42-24(3)4)22-23-30(38)25-18-20-26(21-19-25)43-34(39)36(5,6)7/h12-15,18-24H,16-17H2,1-11H3. The minimum atomic E-state index is -0.789. The molecule has 0 aliphatic rings. The lowest BCUT2D eigenvalue weighted by Crippen LogP contribution is -2.26. The van der Waals surface area contributed by atoms with Crippen molar-refractivity contribution in [3.05, 3.63) is 76.9 Å². The molecule has 0 aliphatic carbocycles. The first kappa shape index (κ1) is 36.1. The van der Waals surface area contributed by atoms with Gasteiger partial charge in [-0.15, -0.1) is 0 Å². The summed E-state index contributed by atoms with van der Waals surface area (Å²) in [6.45, 7) is 18.3. The number of hydrogen-bond acceptors (Lipinski definition) is 7. The molecule has 0 heterocycles. The molecule has 0 spiro atoms. The number of carbonyl (C=O) groups excluding carboxylic acids is 3. The van der Waals surface area contributed by atoms with Gasteiger partial charge in [0.2, 0.25) is 0 Å². The van der Waals surface area contributed by atoms with Gasteiger partial charge in [-0.2, -0.15) is 0 Å². The molecule has 0 saturated carbocycles. The van der Waals surface area contributed by atoms with Crippen LogP contribution >= 0.6 is 0 Å². The molecule has 0 aliphatic heterocycles. The van der Waals surface area contributed by atoms with Crippen molar-refractivity contribution in [1.82, 2.24) is 0 Å². The molecule has 7 heteroatoms. The Bertz CT molecular complexity index is 1410. The van der Waals surface area contributed by atoms with E-state index in [-0.39, 0.29) is 23.6 Å².